The quantitative estimate of drug-likeness (QED) is 0.0268. The van der Waals surface area contributed by atoms with Crippen molar-refractivity contribution in [2.75, 3.05) is 26.4 Å². The molecule has 2 atom stereocenters. The molecule has 0 aliphatic rings. The second-order valence-corrected chi connectivity index (χ2v) is 16.4. The molecule has 0 aliphatic heterocycles. The highest BCUT2D eigenvalue weighted by molar-refractivity contribution is 7.47. The van der Waals surface area contributed by atoms with E-state index in [-0.39, 0.29) is 32.6 Å². The number of carbonyl (C=O) groups is 2. The van der Waals surface area contributed by atoms with Crippen LogP contribution < -0.4 is 5.73 Å². The van der Waals surface area contributed by atoms with E-state index >= 15 is 0 Å². The van der Waals surface area contributed by atoms with Gasteiger partial charge in [0.25, 0.3) is 0 Å². The predicted octanol–water partition coefficient (Wildman–Crippen LogP) is 12.8. The number of rotatable bonds is 42. The second-order valence-electron chi connectivity index (χ2n) is 14.9. The summed E-state index contributed by atoms with van der Waals surface area (Å²) in [6.45, 7) is 3.68. The minimum absolute atomic E-state index is 0.0475. The summed E-state index contributed by atoms with van der Waals surface area (Å²) in [6, 6.07) is 0. The van der Waals surface area contributed by atoms with Gasteiger partial charge in [-0.25, -0.2) is 4.57 Å². The summed E-state index contributed by atoms with van der Waals surface area (Å²) < 4.78 is 32.7. The average Bonchev–Trinajstić information content (AvgIpc) is 3.16. The van der Waals surface area contributed by atoms with Crippen molar-refractivity contribution in [3.05, 3.63) is 24.3 Å². The van der Waals surface area contributed by atoms with Gasteiger partial charge in [-0.2, -0.15) is 0 Å². The largest absolute Gasteiger partial charge is 0.472 e. The number of nitrogens with two attached hydrogens (primary N) is 1. The standard InChI is InChI=1S/C44H84NO8P/c1-3-5-7-9-11-13-15-17-18-19-20-21-22-23-25-26-28-30-32-34-36-43(46)50-40-42(41-52-54(48,49)51-39-38-45)53-44(47)37-35-33-31-29-27-24-16-14-12-10-8-6-4-2/h24,27,31,33,42H,3-23,25-26,28-30,32,34-41,45H2,1-2H3,(H,48,49)/b27-24+,33-31+. The Labute approximate surface area is 332 Å². The summed E-state index contributed by atoms with van der Waals surface area (Å²) in [5.41, 5.74) is 5.34. The zero-order valence-electron chi connectivity index (χ0n) is 35.0. The molecule has 9 nitrogen and oxygen atoms in total. The van der Waals surface area contributed by atoms with Crippen molar-refractivity contribution in [1.82, 2.24) is 0 Å². The summed E-state index contributed by atoms with van der Waals surface area (Å²) in [5.74, 6) is -0.898. The third-order valence-corrected chi connectivity index (χ3v) is 10.6. The Balaban J connectivity index is 4.11. The summed E-state index contributed by atoms with van der Waals surface area (Å²) in [6.07, 6.45) is 43.7. The van der Waals surface area contributed by atoms with Gasteiger partial charge in [-0.05, 0) is 32.1 Å². The Morgan fingerprint density at radius 3 is 1.48 bits per heavy atom. The second kappa shape index (κ2) is 41.1. The van der Waals surface area contributed by atoms with Gasteiger partial charge in [0.1, 0.15) is 6.61 Å². The van der Waals surface area contributed by atoms with Crippen molar-refractivity contribution in [3.63, 3.8) is 0 Å². The van der Waals surface area contributed by atoms with Crippen LogP contribution in [0, 0.1) is 0 Å². The normalized spacial score (nSPS) is 13.5. The maximum atomic E-state index is 12.5. The zero-order chi connectivity index (χ0) is 39.6. The van der Waals surface area contributed by atoms with Crippen molar-refractivity contribution in [1.29, 1.82) is 0 Å². The molecule has 0 amide bonds. The van der Waals surface area contributed by atoms with Crippen molar-refractivity contribution >= 4 is 19.8 Å². The Bertz CT molecular complexity index is 944. The molecule has 0 spiro atoms. The lowest BCUT2D eigenvalue weighted by molar-refractivity contribution is -0.161. The zero-order valence-corrected chi connectivity index (χ0v) is 35.9. The SMILES string of the molecule is CCCCCCCC/C=C/C/C=C/CCC(=O)OC(COC(=O)CCCCCCCCCCCCCCCCCCCCCC)COP(=O)(O)OCCN. The van der Waals surface area contributed by atoms with Gasteiger partial charge >= 0.3 is 19.8 Å². The van der Waals surface area contributed by atoms with Crippen LogP contribution in [-0.4, -0.2) is 49.3 Å². The molecule has 0 saturated heterocycles. The van der Waals surface area contributed by atoms with Crippen molar-refractivity contribution in [2.45, 2.75) is 219 Å². The van der Waals surface area contributed by atoms with Gasteiger partial charge in [-0.3, -0.25) is 18.6 Å². The minimum Gasteiger partial charge on any atom is -0.462 e. The molecule has 0 aliphatic carbocycles. The van der Waals surface area contributed by atoms with Crippen LogP contribution in [-0.2, 0) is 32.7 Å². The molecule has 3 N–H and O–H groups in total. The van der Waals surface area contributed by atoms with Crippen molar-refractivity contribution in [3.8, 4) is 0 Å². The van der Waals surface area contributed by atoms with E-state index in [1.807, 2.05) is 12.2 Å². The molecular formula is C44H84NO8P. The van der Waals surface area contributed by atoms with Gasteiger partial charge in [-0.1, -0.05) is 192 Å². The van der Waals surface area contributed by atoms with Crippen molar-refractivity contribution < 1.29 is 37.6 Å². The van der Waals surface area contributed by atoms with Gasteiger partial charge in [0.05, 0.1) is 13.2 Å². The number of ether oxygens (including phenoxy) is 2. The molecular weight excluding hydrogens is 701 g/mol. The van der Waals surface area contributed by atoms with Crippen LogP contribution in [0.4, 0.5) is 0 Å². The Kier molecular flexibility index (Phi) is 40.0. The first-order valence-corrected chi connectivity index (χ1v) is 23.8. The smallest absolute Gasteiger partial charge is 0.462 e. The third kappa shape index (κ3) is 40.2. The summed E-state index contributed by atoms with van der Waals surface area (Å²) in [5, 5.41) is 0. The lowest BCUT2D eigenvalue weighted by atomic mass is 10.0. The van der Waals surface area contributed by atoms with Crippen LogP contribution in [0.15, 0.2) is 24.3 Å². The summed E-state index contributed by atoms with van der Waals surface area (Å²) >= 11 is 0. The number of hydrogen-bond donors (Lipinski definition) is 2. The van der Waals surface area contributed by atoms with Crippen LogP contribution in [0.5, 0.6) is 0 Å². The van der Waals surface area contributed by atoms with E-state index in [9.17, 15) is 19.0 Å². The van der Waals surface area contributed by atoms with E-state index in [1.54, 1.807) is 0 Å². The van der Waals surface area contributed by atoms with Gasteiger partial charge in [0.15, 0.2) is 6.10 Å². The molecule has 318 valence electrons. The maximum Gasteiger partial charge on any atom is 0.472 e. The molecule has 0 heterocycles. The fraction of sp³-hybridized carbons (Fsp3) is 0.864. The molecule has 0 rings (SSSR count). The third-order valence-electron chi connectivity index (χ3n) is 9.60. The number of phosphoric ester groups is 1. The first-order chi connectivity index (χ1) is 26.3. The van der Waals surface area contributed by atoms with E-state index in [1.165, 1.54) is 148 Å². The molecule has 0 aromatic heterocycles. The van der Waals surface area contributed by atoms with Crippen LogP contribution in [0.25, 0.3) is 0 Å². The topological polar surface area (TPSA) is 134 Å². The number of carbonyl (C=O) groups excluding carboxylic acids is 2. The van der Waals surface area contributed by atoms with Gasteiger partial charge < -0.3 is 20.1 Å². The summed E-state index contributed by atoms with van der Waals surface area (Å²) in [7, 11) is -4.39. The first kappa shape index (κ1) is 52.5. The van der Waals surface area contributed by atoms with Crippen LogP contribution in [0.1, 0.15) is 213 Å². The monoisotopic (exact) mass is 786 g/mol. The Morgan fingerprint density at radius 2 is 1.00 bits per heavy atom. The van der Waals surface area contributed by atoms with Crippen LogP contribution in [0.2, 0.25) is 0 Å². The number of esters is 2. The molecule has 0 radical (unpaired) electrons. The van der Waals surface area contributed by atoms with E-state index in [2.05, 4.69) is 26.0 Å². The van der Waals surface area contributed by atoms with E-state index in [0.717, 1.165) is 32.1 Å². The highest BCUT2D eigenvalue weighted by Crippen LogP contribution is 2.43. The average molecular weight is 786 g/mol. The Morgan fingerprint density at radius 1 is 0.556 bits per heavy atom. The molecule has 0 aromatic carbocycles. The van der Waals surface area contributed by atoms with Gasteiger partial charge in [0, 0.05) is 19.4 Å². The van der Waals surface area contributed by atoms with E-state index < -0.39 is 32.5 Å². The maximum absolute atomic E-state index is 12.5. The lowest BCUT2D eigenvalue weighted by Crippen LogP contribution is -2.29. The number of allylic oxidation sites excluding steroid dienone is 4. The number of hydrogen-bond acceptors (Lipinski definition) is 8. The van der Waals surface area contributed by atoms with E-state index in [0.29, 0.717) is 6.42 Å². The van der Waals surface area contributed by atoms with Crippen molar-refractivity contribution in [2.24, 2.45) is 5.73 Å². The molecule has 0 bridgehead atoms. The predicted molar refractivity (Wildman–Crippen MR) is 224 cm³/mol. The van der Waals surface area contributed by atoms with Crippen LogP contribution in [0.3, 0.4) is 0 Å². The molecule has 54 heavy (non-hydrogen) atoms. The molecule has 0 saturated carbocycles. The first-order valence-electron chi connectivity index (χ1n) is 22.3. The molecule has 0 fully saturated rings. The molecule has 0 aromatic rings. The number of unbranched alkanes of at least 4 members (excludes halogenated alkanes) is 25. The van der Waals surface area contributed by atoms with Crippen LogP contribution >= 0.6 is 7.82 Å². The van der Waals surface area contributed by atoms with Gasteiger partial charge in [0.2, 0.25) is 0 Å². The highest BCUT2D eigenvalue weighted by Gasteiger charge is 2.25. The number of phosphoric acid groups is 1. The fourth-order valence-electron chi connectivity index (χ4n) is 6.28. The Hall–Kier alpha value is -1.51. The summed E-state index contributed by atoms with van der Waals surface area (Å²) in [4.78, 5) is 34.8. The van der Waals surface area contributed by atoms with Gasteiger partial charge in [-0.15, -0.1) is 0 Å². The highest BCUT2D eigenvalue weighted by atomic mass is 31.2. The lowest BCUT2D eigenvalue weighted by Gasteiger charge is -2.19. The minimum atomic E-state index is -4.39. The molecule has 2 unspecified atom stereocenters. The van der Waals surface area contributed by atoms with E-state index in [4.69, 9.17) is 24.3 Å². The molecule has 10 heteroatoms. The fourth-order valence-corrected chi connectivity index (χ4v) is 7.04.